The van der Waals surface area contributed by atoms with Crippen LogP contribution >= 0.6 is 35.3 Å². The highest BCUT2D eigenvalue weighted by atomic mass is 127. The van der Waals surface area contributed by atoms with Crippen molar-refractivity contribution in [1.29, 1.82) is 0 Å². The average Bonchev–Trinajstić information content (AvgIpc) is 2.87. The van der Waals surface area contributed by atoms with Crippen LogP contribution in [0.25, 0.3) is 0 Å². The van der Waals surface area contributed by atoms with E-state index < -0.39 is 0 Å². The van der Waals surface area contributed by atoms with E-state index in [1.165, 1.54) is 42.2 Å². The summed E-state index contributed by atoms with van der Waals surface area (Å²) in [6.45, 7) is 11.5. The number of thiazole rings is 1. The third-order valence-electron chi connectivity index (χ3n) is 4.69. The van der Waals surface area contributed by atoms with E-state index in [0.29, 0.717) is 0 Å². The Morgan fingerprint density at radius 3 is 2.60 bits per heavy atom. The predicted molar refractivity (Wildman–Crippen MR) is 120 cm³/mol. The maximum absolute atomic E-state index is 4.74. The molecule has 7 heteroatoms. The number of halogens is 1. The molecule has 0 radical (unpaired) electrons. The van der Waals surface area contributed by atoms with Gasteiger partial charge in [0.05, 0.1) is 10.7 Å². The fourth-order valence-electron chi connectivity index (χ4n) is 2.99. The van der Waals surface area contributed by atoms with Crippen LogP contribution < -0.4 is 10.6 Å². The molecule has 25 heavy (non-hydrogen) atoms. The SMILES string of the molecule is CCNC(=NCCC1CCN(C)CC1)NCCc1nc(C)c(C)s1.I. The number of guanidine groups is 1. The summed E-state index contributed by atoms with van der Waals surface area (Å²) in [7, 11) is 2.22. The lowest BCUT2D eigenvalue weighted by molar-refractivity contribution is 0.214. The van der Waals surface area contributed by atoms with Gasteiger partial charge in [-0.1, -0.05) is 0 Å². The van der Waals surface area contributed by atoms with Gasteiger partial charge in [0.2, 0.25) is 0 Å². The molecule has 0 spiro atoms. The Labute approximate surface area is 174 Å². The molecular formula is C18H34IN5S. The van der Waals surface area contributed by atoms with Crippen LogP contribution in [0.5, 0.6) is 0 Å². The van der Waals surface area contributed by atoms with Gasteiger partial charge in [-0.3, -0.25) is 4.99 Å². The quantitative estimate of drug-likeness (QED) is 0.358. The fourth-order valence-corrected chi connectivity index (χ4v) is 3.92. The largest absolute Gasteiger partial charge is 0.357 e. The molecule has 1 aromatic heterocycles. The molecule has 2 N–H and O–H groups in total. The van der Waals surface area contributed by atoms with Crippen molar-refractivity contribution in [2.24, 2.45) is 10.9 Å². The molecule has 0 saturated carbocycles. The van der Waals surface area contributed by atoms with Crippen LogP contribution in [0.1, 0.15) is 41.8 Å². The molecule has 0 aliphatic carbocycles. The van der Waals surface area contributed by atoms with Gasteiger partial charge in [-0.05, 0) is 66.1 Å². The van der Waals surface area contributed by atoms with Crippen LogP contribution in [0.4, 0.5) is 0 Å². The predicted octanol–water partition coefficient (Wildman–Crippen LogP) is 3.21. The van der Waals surface area contributed by atoms with Gasteiger partial charge < -0.3 is 15.5 Å². The number of hydrogen-bond acceptors (Lipinski definition) is 4. The van der Waals surface area contributed by atoms with Gasteiger partial charge in [-0.15, -0.1) is 35.3 Å². The lowest BCUT2D eigenvalue weighted by Crippen LogP contribution is -2.38. The van der Waals surface area contributed by atoms with Crippen molar-refractivity contribution in [3.63, 3.8) is 0 Å². The smallest absolute Gasteiger partial charge is 0.191 e. The summed E-state index contributed by atoms with van der Waals surface area (Å²) in [6.07, 6.45) is 4.80. The Bertz CT molecular complexity index is 504. The van der Waals surface area contributed by atoms with Gasteiger partial charge in [-0.25, -0.2) is 4.98 Å². The van der Waals surface area contributed by atoms with Crippen LogP contribution in [0.2, 0.25) is 0 Å². The van der Waals surface area contributed by atoms with E-state index >= 15 is 0 Å². The third kappa shape index (κ3) is 8.21. The van der Waals surface area contributed by atoms with Gasteiger partial charge >= 0.3 is 0 Å². The van der Waals surface area contributed by atoms with Crippen molar-refractivity contribution < 1.29 is 0 Å². The molecule has 0 unspecified atom stereocenters. The monoisotopic (exact) mass is 479 g/mol. The summed E-state index contributed by atoms with van der Waals surface area (Å²) < 4.78 is 0. The number of likely N-dealkylation sites (tertiary alicyclic amines) is 1. The average molecular weight is 479 g/mol. The summed E-state index contributed by atoms with van der Waals surface area (Å²) in [5.41, 5.74) is 1.16. The van der Waals surface area contributed by atoms with Crippen molar-refractivity contribution in [1.82, 2.24) is 20.5 Å². The summed E-state index contributed by atoms with van der Waals surface area (Å²) in [5, 5.41) is 7.99. The van der Waals surface area contributed by atoms with Gasteiger partial charge in [0, 0.05) is 30.9 Å². The van der Waals surface area contributed by atoms with Crippen LogP contribution in [-0.2, 0) is 6.42 Å². The maximum atomic E-state index is 4.74. The Morgan fingerprint density at radius 1 is 1.28 bits per heavy atom. The van der Waals surface area contributed by atoms with Crippen LogP contribution in [0.15, 0.2) is 4.99 Å². The zero-order valence-electron chi connectivity index (χ0n) is 16.1. The number of piperidine rings is 1. The Balaban J connectivity index is 0.00000312. The second-order valence-electron chi connectivity index (χ2n) is 6.72. The zero-order chi connectivity index (χ0) is 17.4. The number of aromatic nitrogens is 1. The minimum atomic E-state index is 0. The van der Waals surface area contributed by atoms with Crippen LogP contribution in [0, 0.1) is 19.8 Å². The van der Waals surface area contributed by atoms with Crippen molar-refractivity contribution in [3.8, 4) is 0 Å². The Morgan fingerprint density at radius 2 is 2.00 bits per heavy atom. The van der Waals surface area contributed by atoms with Crippen molar-refractivity contribution >= 4 is 41.3 Å². The van der Waals surface area contributed by atoms with Gasteiger partial charge in [0.15, 0.2) is 5.96 Å². The number of aliphatic imine (C=N–C) groups is 1. The number of nitrogens with one attached hydrogen (secondary N) is 2. The zero-order valence-corrected chi connectivity index (χ0v) is 19.2. The van der Waals surface area contributed by atoms with Gasteiger partial charge in [0.25, 0.3) is 0 Å². The summed E-state index contributed by atoms with van der Waals surface area (Å²) in [5.74, 6) is 1.78. The van der Waals surface area contributed by atoms with E-state index in [1.54, 1.807) is 11.3 Å². The number of hydrogen-bond donors (Lipinski definition) is 2. The Kier molecular flexibility index (Phi) is 10.9. The molecule has 1 fully saturated rings. The standard InChI is InChI=1S/C18H33N5S.HI/c1-5-19-18(20-10-6-16-8-12-23(4)13-9-16)21-11-7-17-22-14(2)15(3)24-17;/h16H,5-13H2,1-4H3,(H2,19,20,21);1H. The molecule has 144 valence electrons. The molecule has 0 amide bonds. The fraction of sp³-hybridized carbons (Fsp3) is 0.778. The van der Waals surface area contributed by atoms with E-state index in [0.717, 1.165) is 43.6 Å². The van der Waals surface area contributed by atoms with Crippen molar-refractivity contribution in [3.05, 3.63) is 15.6 Å². The van der Waals surface area contributed by atoms with Crippen LogP contribution in [0.3, 0.4) is 0 Å². The number of aryl methyl sites for hydroxylation is 2. The first-order valence-corrected chi connectivity index (χ1v) is 10.0. The summed E-state index contributed by atoms with van der Waals surface area (Å²) >= 11 is 1.80. The molecule has 2 heterocycles. The first kappa shape index (κ1) is 22.6. The highest BCUT2D eigenvalue weighted by Gasteiger charge is 2.15. The molecule has 0 aromatic carbocycles. The summed E-state index contributed by atoms with van der Waals surface area (Å²) in [6, 6.07) is 0. The lowest BCUT2D eigenvalue weighted by Gasteiger charge is -2.28. The molecule has 1 aliphatic rings. The molecule has 1 aromatic rings. The van der Waals surface area contributed by atoms with Gasteiger partial charge in [0.1, 0.15) is 0 Å². The number of nitrogens with zero attached hydrogens (tertiary/aromatic N) is 3. The second kappa shape index (κ2) is 12.1. The Hall–Kier alpha value is -0.410. The number of rotatable bonds is 7. The van der Waals surface area contributed by atoms with Crippen molar-refractivity contribution in [2.45, 2.75) is 46.5 Å². The highest BCUT2D eigenvalue weighted by Crippen LogP contribution is 2.19. The molecular weight excluding hydrogens is 445 g/mol. The molecule has 2 rings (SSSR count). The van der Waals surface area contributed by atoms with Gasteiger partial charge in [-0.2, -0.15) is 0 Å². The molecule has 0 atom stereocenters. The minimum absolute atomic E-state index is 0. The maximum Gasteiger partial charge on any atom is 0.191 e. The van der Waals surface area contributed by atoms with Crippen LogP contribution in [-0.4, -0.2) is 55.6 Å². The molecule has 5 nitrogen and oxygen atoms in total. The summed E-state index contributed by atoms with van der Waals surface area (Å²) in [4.78, 5) is 13.1. The molecule has 0 bridgehead atoms. The molecule has 1 saturated heterocycles. The van der Waals surface area contributed by atoms with E-state index in [9.17, 15) is 0 Å². The topological polar surface area (TPSA) is 52.6 Å². The lowest BCUT2D eigenvalue weighted by atomic mass is 9.94. The third-order valence-corrected chi connectivity index (χ3v) is 5.83. The highest BCUT2D eigenvalue weighted by molar-refractivity contribution is 14.0. The molecule has 1 aliphatic heterocycles. The normalized spacial score (nSPS) is 16.6. The second-order valence-corrected chi connectivity index (χ2v) is 8.01. The first-order chi connectivity index (χ1) is 11.6. The van der Waals surface area contributed by atoms with E-state index in [4.69, 9.17) is 4.99 Å². The van der Waals surface area contributed by atoms with E-state index in [2.05, 4.69) is 48.3 Å². The van der Waals surface area contributed by atoms with E-state index in [1.807, 2.05) is 0 Å². The first-order valence-electron chi connectivity index (χ1n) is 9.22. The van der Waals surface area contributed by atoms with E-state index in [-0.39, 0.29) is 24.0 Å². The van der Waals surface area contributed by atoms with Crippen molar-refractivity contribution in [2.75, 3.05) is 39.8 Å². The minimum Gasteiger partial charge on any atom is -0.357 e.